The predicted octanol–water partition coefficient (Wildman–Crippen LogP) is 1.09. The molecule has 0 fully saturated rings. The molecule has 0 spiro atoms. The third-order valence-corrected chi connectivity index (χ3v) is 2.27. The standard InChI is InChI=1S/C12H19NO/c1-10-5-4-6-12(7-10)8-13-11(2)9-14-3/h4-7,11,13H,8-9H2,1-3H3/p+1/t11-/m0/s1. The van der Waals surface area contributed by atoms with Crippen LogP contribution in [0.1, 0.15) is 18.1 Å². The maximum atomic E-state index is 5.08. The summed E-state index contributed by atoms with van der Waals surface area (Å²) >= 11 is 0. The van der Waals surface area contributed by atoms with E-state index < -0.39 is 0 Å². The van der Waals surface area contributed by atoms with Crippen molar-refractivity contribution in [3.63, 3.8) is 0 Å². The molecule has 14 heavy (non-hydrogen) atoms. The van der Waals surface area contributed by atoms with E-state index in [0.29, 0.717) is 6.04 Å². The zero-order valence-corrected chi connectivity index (χ0v) is 9.29. The van der Waals surface area contributed by atoms with Crippen LogP contribution in [0.25, 0.3) is 0 Å². The fraction of sp³-hybridized carbons (Fsp3) is 0.500. The average molecular weight is 194 g/mol. The first kappa shape index (κ1) is 11.2. The molecule has 1 aromatic carbocycles. The fourth-order valence-corrected chi connectivity index (χ4v) is 1.51. The summed E-state index contributed by atoms with van der Waals surface area (Å²) in [6, 6.07) is 9.17. The van der Waals surface area contributed by atoms with Gasteiger partial charge in [0.05, 0.1) is 6.61 Å². The van der Waals surface area contributed by atoms with Crippen LogP contribution in [0.5, 0.6) is 0 Å². The number of hydrogen-bond donors (Lipinski definition) is 1. The fourth-order valence-electron chi connectivity index (χ4n) is 1.51. The molecule has 1 atom stereocenters. The lowest BCUT2D eigenvalue weighted by Gasteiger charge is -2.09. The van der Waals surface area contributed by atoms with Crippen LogP contribution >= 0.6 is 0 Å². The van der Waals surface area contributed by atoms with Crippen molar-refractivity contribution in [3.8, 4) is 0 Å². The van der Waals surface area contributed by atoms with Gasteiger partial charge in [-0.2, -0.15) is 0 Å². The Bertz CT molecular complexity index is 273. The lowest BCUT2D eigenvalue weighted by Crippen LogP contribution is -2.88. The Morgan fingerprint density at radius 1 is 1.43 bits per heavy atom. The quantitative estimate of drug-likeness (QED) is 0.746. The van der Waals surface area contributed by atoms with Crippen LogP contribution in [-0.2, 0) is 11.3 Å². The molecule has 0 amide bonds. The van der Waals surface area contributed by atoms with Gasteiger partial charge in [0, 0.05) is 12.7 Å². The normalized spacial score (nSPS) is 12.8. The van der Waals surface area contributed by atoms with Crippen LogP contribution in [0.4, 0.5) is 0 Å². The largest absolute Gasteiger partial charge is 0.379 e. The lowest BCUT2D eigenvalue weighted by atomic mass is 10.1. The smallest absolute Gasteiger partial charge is 0.107 e. The van der Waals surface area contributed by atoms with E-state index in [1.807, 2.05) is 0 Å². The molecule has 2 heteroatoms. The van der Waals surface area contributed by atoms with Gasteiger partial charge in [-0.3, -0.25) is 0 Å². The molecule has 0 heterocycles. The van der Waals surface area contributed by atoms with Gasteiger partial charge in [0.1, 0.15) is 12.6 Å². The zero-order valence-electron chi connectivity index (χ0n) is 9.29. The van der Waals surface area contributed by atoms with Crippen molar-refractivity contribution in [2.75, 3.05) is 13.7 Å². The summed E-state index contributed by atoms with van der Waals surface area (Å²) in [6.45, 7) is 6.15. The summed E-state index contributed by atoms with van der Waals surface area (Å²) in [5.41, 5.74) is 2.71. The van der Waals surface area contributed by atoms with Gasteiger partial charge in [-0.05, 0) is 13.8 Å². The number of methoxy groups -OCH3 is 1. The second-order valence-electron chi connectivity index (χ2n) is 3.86. The Kier molecular flexibility index (Phi) is 4.63. The molecule has 1 rings (SSSR count). The van der Waals surface area contributed by atoms with Crippen molar-refractivity contribution >= 4 is 0 Å². The second kappa shape index (κ2) is 5.78. The topological polar surface area (TPSA) is 25.8 Å². The number of aryl methyl sites for hydroxylation is 1. The Labute approximate surface area is 86.3 Å². The highest BCUT2D eigenvalue weighted by molar-refractivity contribution is 5.21. The number of benzene rings is 1. The molecule has 0 aliphatic heterocycles. The Morgan fingerprint density at radius 2 is 2.21 bits per heavy atom. The van der Waals surface area contributed by atoms with Crippen LogP contribution in [0, 0.1) is 6.92 Å². The summed E-state index contributed by atoms with van der Waals surface area (Å²) in [4.78, 5) is 0. The Morgan fingerprint density at radius 3 is 2.86 bits per heavy atom. The first-order valence-corrected chi connectivity index (χ1v) is 5.10. The first-order chi connectivity index (χ1) is 6.72. The first-order valence-electron chi connectivity index (χ1n) is 5.10. The van der Waals surface area contributed by atoms with E-state index in [1.54, 1.807) is 7.11 Å². The number of quaternary nitrogens is 1. The third-order valence-electron chi connectivity index (χ3n) is 2.27. The number of hydrogen-bond acceptors (Lipinski definition) is 1. The van der Waals surface area contributed by atoms with Crippen molar-refractivity contribution in [1.82, 2.24) is 0 Å². The Hall–Kier alpha value is -0.860. The highest BCUT2D eigenvalue weighted by Gasteiger charge is 2.03. The summed E-state index contributed by atoms with van der Waals surface area (Å²) in [6.07, 6.45) is 0. The summed E-state index contributed by atoms with van der Waals surface area (Å²) in [5, 5.41) is 2.30. The van der Waals surface area contributed by atoms with E-state index in [1.165, 1.54) is 11.1 Å². The van der Waals surface area contributed by atoms with Crippen LogP contribution < -0.4 is 5.32 Å². The molecule has 0 bridgehead atoms. The zero-order chi connectivity index (χ0) is 10.4. The minimum Gasteiger partial charge on any atom is -0.379 e. The van der Waals surface area contributed by atoms with Gasteiger partial charge in [-0.15, -0.1) is 0 Å². The maximum absolute atomic E-state index is 5.08. The SMILES string of the molecule is COC[C@H](C)[NH2+]Cc1cccc(C)c1. The van der Waals surface area contributed by atoms with Gasteiger partial charge >= 0.3 is 0 Å². The molecular weight excluding hydrogens is 174 g/mol. The highest BCUT2D eigenvalue weighted by atomic mass is 16.5. The van der Waals surface area contributed by atoms with Crippen molar-refractivity contribution in [1.29, 1.82) is 0 Å². The molecule has 0 saturated carbocycles. The maximum Gasteiger partial charge on any atom is 0.107 e. The molecule has 1 aromatic rings. The lowest BCUT2D eigenvalue weighted by molar-refractivity contribution is -0.702. The van der Waals surface area contributed by atoms with Crippen LogP contribution in [0.3, 0.4) is 0 Å². The van der Waals surface area contributed by atoms with E-state index in [4.69, 9.17) is 4.74 Å². The van der Waals surface area contributed by atoms with Crippen molar-refractivity contribution in [3.05, 3.63) is 35.4 Å². The van der Waals surface area contributed by atoms with Crippen LogP contribution in [0.15, 0.2) is 24.3 Å². The molecular formula is C12H20NO+. The second-order valence-corrected chi connectivity index (χ2v) is 3.86. The molecule has 0 radical (unpaired) electrons. The van der Waals surface area contributed by atoms with Gasteiger partial charge < -0.3 is 10.1 Å². The molecule has 0 aromatic heterocycles. The summed E-state index contributed by atoms with van der Waals surface area (Å²) in [5.74, 6) is 0. The summed E-state index contributed by atoms with van der Waals surface area (Å²) in [7, 11) is 1.75. The van der Waals surface area contributed by atoms with Crippen molar-refractivity contribution < 1.29 is 10.1 Å². The molecule has 0 unspecified atom stereocenters. The third kappa shape index (κ3) is 3.90. The molecule has 2 nitrogen and oxygen atoms in total. The number of rotatable bonds is 5. The molecule has 2 N–H and O–H groups in total. The Balaban J connectivity index is 2.37. The average Bonchev–Trinajstić information content (AvgIpc) is 2.15. The van der Waals surface area contributed by atoms with Crippen LogP contribution in [-0.4, -0.2) is 19.8 Å². The van der Waals surface area contributed by atoms with Gasteiger partial charge in [-0.1, -0.05) is 29.8 Å². The minimum absolute atomic E-state index is 0.528. The minimum atomic E-state index is 0.528. The van der Waals surface area contributed by atoms with E-state index in [2.05, 4.69) is 43.4 Å². The molecule has 0 saturated heterocycles. The highest BCUT2D eigenvalue weighted by Crippen LogP contribution is 2.01. The number of ether oxygens (including phenoxy) is 1. The molecule has 78 valence electrons. The van der Waals surface area contributed by atoms with Gasteiger partial charge in [0.15, 0.2) is 0 Å². The summed E-state index contributed by atoms with van der Waals surface area (Å²) < 4.78 is 5.08. The van der Waals surface area contributed by atoms with E-state index >= 15 is 0 Å². The molecule has 0 aliphatic rings. The van der Waals surface area contributed by atoms with E-state index in [9.17, 15) is 0 Å². The van der Waals surface area contributed by atoms with Gasteiger partial charge in [-0.25, -0.2) is 0 Å². The van der Waals surface area contributed by atoms with Crippen molar-refractivity contribution in [2.45, 2.75) is 26.4 Å². The van der Waals surface area contributed by atoms with Gasteiger partial charge in [0.2, 0.25) is 0 Å². The molecule has 0 aliphatic carbocycles. The van der Waals surface area contributed by atoms with E-state index in [0.717, 1.165) is 13.2 Å². The van der Waals surface area contributed by atoms with Crippen molar-refractivity contribution in [2.24, 2.45) is 0 Å². The van der Waals surface area contributed by atoms with Gasteiger partial charge in [0.25, 0.3) is 0 Å². The van der Waals surface area contributed by atoms with Crippen LogP contribution in [0.2, 0.25) is 0 Å². The predicted molar refractivity (Wildman–Crippen MR) is 58.1 cm³/mol. The van der Waals surface area contributed by atoms with E-state index in [-0.39, 0.29) is 0 Å². The number of nitrogens with two attached hydrogens (primary N) is 1. The monoisotopic (exact) mass is 194 g/mol.